The average Bonchev–Trinajstić information content (AvgIpc) is 2.67. The van der Waals surface area contributed by atoms with Crippen LogP contribution in [-0.2, 0) is 7.05 Å². The summed E-state index contributed by atoms with van der Waals surface area (Å²) < 4.78 is 7.74. The molecule has 0 aliphatic carbocycles. The van der Waals surface area contributed by atoms with Gasteiger partial charge in [0.1, 0.15) is 12.6 Å². The molecule has 0 radical (unpaired) electrons. The van der Waals surface area contributed by atoms with Crippen molar-refractivity contribution < 1.29 is 8.98 Å². The molecule has 0 saturated carbocycles. The highest BCUT2D eigenvalue weighted by Crippen LogP contribution is 2.31. The largest absolute Gasteiger partial charge is 0.422 e. The Balaban J connectivity index is 1.98. The molecular formula is C23H19N2O2+. The van der Waals surface area contributed by atoms with E-state index in [1.54, 1.807) is 0 Å². The Labute approximate surface area is 155 Å². The van der Waals surface area contributed by atoms with Gasteiger partial charge in [0.25, 0.3) is 0 Å². The van der Waals surface area contributed by atoms with Gasteiger partial charge < -0.3 is 9.32 Å². The van der Waals surface area contributed by atoms with E-state index in [2.05, 4.69) is 35.0 Å². The molecule has 5 aromatic rings. The molecule has 0 aliphatic rings. The van der Waals surface area contributed by atoms with Crippen LogP contribution in [0.1, 0.15) is 0 Å². The van der Waals surface area contributed by atoms with Crippen LogP contribution in [0, 0.1) is 0 Å². The van der Waals surface area contributed by atoms with Crippen molar-refractivity contribution in [1.29, 1.82) is 0 Å². The van der Waals surface area contributed by atoms with E-state index in [0.29, 0.717) is 11.0 Å². The molecule has 5 rings (SSSR count). The molecule has 3 aromatic carbocycles. The van der Waals surface area contributed by atoms with Crippen molar-refractivity contribution in [3.8, 4) is 0 Å². The number of anilines is 1. The third-order valence-electron chi connectivity index (χ3n) is 5.29. The Morgan fingerprint density at radius 2 is 1.67 bits per heavy atom. The van der Waals surface area contributed by atoms with Gasteiger partial charge in [-0.15, -0.1) is 0 Å². The molecule has 132 valence electrons. The lowest BCUT2D eigenvalue weighted by atomic mass is 10.00. The van der Waals surface area contributed by atoms with E-state index in [9.17, 15) is 4.79 Å². The minimum absolute atomic E-state index is 0.300. The molecule has 2 aromatic heterocycles. The number of nitrogens with zero attached hydrogens (tertiary/aromatic N) is 2. The highest BCUT2D eigenvalue weighted by atomic mass is 16.4. The summed E-state index contributed by atoms with van der Waals surface area (Å²) in [6.07, 6.45) is 2.07. The average molecular weight is 355 g/mol. The van der Waals surface area contributed by atoms with Crippen LogP contribution >= 0.6 is 0 Å². The lowest BCUT2D eigenvalue weighted by Gasteiger charge is -2.13. The van der Waals surface area contributed by atoms with Crippen LogP contribution < -0.4 is 15.1 Å². The quantitative estimate of drug-likeness (QED) is 0.196. The van der Waals surface area contributed by atoms with Crippen molar-refractivity contribution >= 4 is 49.1 Å². The highest BCUT2D eigenvalue weighted by molar-refractivity contribution is 6.15. The maximum Gasteiger partial charge on any atom is 0.344 e. The fourth-order valence-corrected chi connectivity index (χ4v) is 3.89. The zero-order valence-corrected chi connectivity index (χ0v) is 15.5. The molecule has 0 spiro atoms. The molecule has 2 heterocycles. The lowest BCUT2D eigenvalue weighted by Crippen LogP contribution is -2.28. The summed E-state index contributed by atoms with van der Waals surface area (Å²) in [5, 5.41) is 5.83. The topological polar surface area (TPSA) is 37.3 Å². The van der Waals surface area contributed by atoms with Gasteiger partial charge in [0.05, 0.1) is 10.8 Å². The Bertz CT molecular complexity index is 1430. The zero-order valence-electron chi connectivity index (χ0n) is 15.5. The summed E-state index contributed by atoms with van der Waals surface area (Å²) in [4.78, 5) is 14.7. The number of aryl methyl sites for hydroxylation is 1. The highest BCUT2D eigenvalue weighted by Gasteiger charge is 2.15. The van der Waals surface area contributed by atoms with E-state index in [1.165, 1.54) is 5.39 Å². The molecule has 4 heteroatoms. The van der Waals surface area contributed by atoms with Gasteiger partial charge in [0.2, 0.25) is 5.52 Å². The summed E-state index contributed by atoms with van der Waals surface area (Å²) in [5.74, 6) is 0. The van der Waals surface area contributed by atoms with Crippen LogP contribution in [0.25, 0.3) is 43.4 Å². The number of para-hydroxylation sites is 1. The second kappa shape index (κ2) is 5.55. The van der Waals surface area contributed by atoms with E-state index in [0.717, 1.165) is 32.7 Å². The number of fused-ring (bicyclic) bond motifs is 6. The van der Waals surface area contributed by atoms with Gasteiger partial charge in [0, 0.05) is 53.5 Å². The number of aromatic nitrogens is 1. The van der Waals surface area contributed by atoms with Crippen molar-refractivity contribution in [3.05, 3.63) is 71.2 Å². The van der Waals surface area contributed by atoms with Crippen molar-refractivity contribution in [2.45, 2.75) is 0 Å². The molecular weight excluding hydrogens is 336 g/mol. The van der Waals surface area contributed by atoms with E-state index in [-0.39, 0.29) is 5.63 Å². The smallest absolute Gasteiger partial charge is 0.344 e. The van der Waals surface area contributed by atoms with Gasteiger partial charge in [-0.3, -0.25) is 0 Å². The second-order valence-corrected chi connectivity index (χ2v) is 7.21. The minimum atomic E-state index is -0.300. The Kier molecular flexibility index (Phi) is 3.25. The maximum absolute atomic E-state index is 12.7. The van der Waals surface area contributed by atoms with Crippen LogP contribution in [0.3, 0.4) is 0 Å². The Morgan fingerprint density at radius 3 is 2.48 bits per heavy atom. The van der Waals surface area contributed by atoms with Gasteiger partial charge in [-0.2, -0.15) is 0 Å². The van der Waals surface area contributed by atoms with Gasteiger partial charge >= 0.3 is 5.63 Å². The number of hydrogen-bond donors (Lipinski definition) is 0. The lowest BCUT2D eigenvalue weighted by molar-refractivity contribution is -0.643. The summed E-state index contributed by atoms with van der Waals surface area (Å²) in [5.41, 5.74) is 2.48. The first kappa shape index (κ1) is 15.8. The molecule has 0 unspecified atom stereocenters. The van der Waals surface area contributed by atoms with Crippen LogP contribution in [0.4, 0.5) is 5.69 Å². The standard InChI is InChI=1S/C23H19N2O2/c1-24(2)15-8-9-17-19-12-18-14(10-20(19)23(26)27-22(17)11-15)13-25(3)21-7-5-4-6-16(18)21/h4-13H,1-3H3/q+1. The SMILES string of the molecule is CN(C)c1ccc2c(c1)oc(=O)c1cc3c[n+](C)c4ccccc4c3cc12. The van der Waals surface area contributed by atoms with Gasteiger partial charge in [-0.05, 0) is 30.3 Å². The first-order chi connectivity index (χ1) is 13.0. The summed E-state index contributed by atoms with van der Waals surface area (Å²) in [6.45, 7) is 0. The zero-order chi connectivity index (χ0) is 18.7. The number of pyridine rings is 1. The predicted molar refractivity (Wildman–Crippen MR) is 111 cm³/mol. The minimum Gasteiger partial charge on any atom is -0.422 e. The molecule has 0 N–H and O–H groups in total. The Morgan fingerprint density at radius 1 is 0.852 bits per heavy atom. The Hall–Kier alpha value is -3.40. The molecule has 0 fully saturated rings. The van der Waals surface area contributed by atoms with Crippen LogP contribution in [0.15, 0.2) is 70.0 Å². The molecule has 27 heavy (non-hydrogen) atoms. The molecule has 0 saturated heterocycles. The van der Waals surface area contributed by atoms with E-state index in [4.69, 9.17) is 4.42 Å². The van der Waals surface area contributed by atoms with Gasteiger partial charge in [-0.1, -0.05) is 12.1 Å². The van der Waals surface area contributed by atoms with Crippen molar-refractivity contribution in [3.63, 3.8) is 0 Å². The second-order valence-electron chi connectivity index (χ2n) is 7.21. The normalized spacial score (nSPS) is 11.7. The molecule has 0 bridgehead atoms. The van der Waals surface area contributed by atoms with Gasteiger partial charge in [-0.25, -0.2) is 9.36 Å². The van der Waals surface area contributed by atoms with E-state index >= 15 is 0 Å². The molecule has 0 aliphatic heterocycles. The van der Waals surface area contributed by atoms with Crippen molar-refractivity contribution in [1.82, 2.24) is 0 Å². The first-order valence-electron chi connectivity index (χ1n) is 8.92. The number of benzene rings is 3. The molecule has 4 nitrogen and oxygen atoms in total. The third-order valence-corrected chi connectivity index (χ3v) is 5.29. The van der Waals surface area contributed by atoms with E-state index < -0.39 is 0 Å². The molecule has 0 atom stereocenters. The number of hydrogen-bond acceptors (Lipinski definition) is 3. The van der Waals surface area contributed by atoms with Crippen molar-refractivity contribution in [2.24, 2.45) is 7.05 Å². The maximum atomic E-state index is 12.7. The van der Waals surface area contributed by atoms with Crippen LogP contribution in [0.5, 0.6) is 0 Å². The van der Waals surface area contributed by atoms with Crippen LogP contribution in [0.2, 0.25) is 0 Å². The van der Waals surface area contributed by atoms with Crippen molar-refractivity contribution in [2.75, 3.05) is 19.0 Å². The summed E-state index contributed by atoms with van der Waals surface area (Å²) in [7, 11) is 5.97. The fraction of sp³-hybridized carbons (Fsp3) is 0.130. The molecule has 0 amide bonds. The first-order valence-corrected chi connectivity index (χ1v) is 8.92. The van der Waals surface area contributed by atoms with E-state index in [1.807, 2.05) is 56.4 Å². The predicted octanol–water partition coefficient (Wildman–Crippen LogP) is 4.14. The van der Waals surface area contributed by atoms with Crippen LogP contribution in [-0.4, -0.2) is 14.1 Å². The summed E-state index contributed by atoms with van der Waals surface area (Å²) >= 11 is 0. The third kappa shape index (κ3) is 2.30. The summed E-state index contributed by atoms with van der Waals surface area (Å²) in [6, 6.07) is 18.4. The van der Waals surface area contributed by atoms with Gasteiger partial charge in [0.15, 0.2) is 6.20 Å². The number of rotatable bonds is 1. The fourth-order valence-electron chi connectivity index (χ4n) is 3.89. The monoisotopic (exact) mass is 355 g/mol.